The number of rotatable bonds is 2. The zero-order chi connectivity index (χ0) is 9.42. The smallest absolute Gasteiger partial charge is 0.217 e. The van der Waals surface area contributed by atoms with Crippen LogP contribution in [0.15, 0.2) is 16.7 Å². The fourth-order valence-electron chi connectivity index (χ4n) is 1.38. The molecule has 2 N–H and O–H groups in total. The molecule has 1 heterocycles. The summed E-state index contributed by atoms with van der Waals surface area (Å²) >= 11 is 3.25. The van der Waals surface area contributed by atoms with E-state index >= 15 is 0 Å². The van der Waals surface area contributed by atoms with Crippen molar-refractivity contribution in [3.05, 3.63) is 28.2 Å². The minimum atomic E-state index is -0.442. The van der Waals surface area contributed by atoms with Gasteiger partial charge in [0.1, 0.15) is 0 Å². The molecule has 0 radical (unpaired) electrons. The van der Waals surface area contributed by atoms with Crippen molar-refractivity contribution in [3.8, 4) is 0 Å². The lowest BCUT2D eigenvalue weighted by Gasteiger charge is -2.10. The van der Waals surface area contributed by atoms with Crippen LogP contribution >= 0.6 is 15.9 Å². The summed E-state index contributed by atoms with van der Waals surface area (Å²) in [6.45, 7) is 0. The first-order valence-corrected chi connectivity index (χ1v) is 5.04. The standard InChI is InChI=1S/C9H10BrFN2/c10-6-3-7(9(11)13-4-6)8(12)5-1-2-5/h3-5,8H,1-2,12H2/t8-/m1/s1. The molecule has 1 aromatic rings. The van der Waals surface area contributed by atoms with Gasteiger partial charge in [0.25, 0.3) is 0 Å². The maximum Gasteiger partial charge on any atom is 0.217 e. The molecular formula is C9H10BrFN2. The zero-order valence-corrected chi connectivity index (χ0v) is 8.59. The lowest BCUT2D eigenvalue weighted by Crippen LogP contribution is -2.14. The van der Waals surface area contributed by atoms with Gasteiger partial charge in [-0.2, -0.15) is 4.39 Å². The van der Waals surface area contributed by atoms with Crippen molar-refractivity contribution in [2.24, 2.45) is 11.7 Å². The normalized spacial score (nSPS) is 18.7. The van der Waals surface area contributed by atoms with E-state index in [0.29, 0.717) is 11.5 Å². The van der Waals surface area contributed by atoms with Crippen LogP contribution in [0, 0.1) is 11.9 Å². The summed E-state index contributed by atoms with van der Waals surface area (Å²) in [5.74, 6) is 0.00759. The fraction of sp³-hybridized carbons (Fsp3) is 0.444. The van der Waals surface area contributed by atoms with Gasteiger partial charge in [0.15, 0.2) is 0 Å². The Hall–Kier alpha value is -0.480. The van der Waals surface area contributed by atoms with Crippen molar-refractivity contribution >= 4 is 15.9 Å². The minimum Gasteiger partial charge on any atom is -0.324 e. The van der Waals surface area contributed by atoms with Crippen LogP contribution in [0.25, 0.3) is 0 Å². The van der Waals surface area contributed by atoms with Gasteiger partial charge in [-0.25, -0.2) is 4.98 Å². The van der Waals surface area contributed by atoms with E-state index in [0.717, 1.165) is 17.3 Å². The second-order valence-electron chi connectivity index (χ2n) is 3.40. The molecule has 0 aliphatic heterocycles. The predicted molar refractivity (Wildman–Crippen MR) is 51.5 cm³/mol. The van der Waals surface area contributed by atoms with Gasteiger partial charge in [-0.3, -0.25) is 0 Å². The number of halogens is 2. The first-order chi connectivity index (χ1) is 6.18. The number of nitrogens with two attached hydrogens (primary N) is 1. The highest BCUT2D eigenvalue weighted by molar-refractivity contribution is 9.10. The van der Waals surface area contributed by atoms with Gasteiger partial charge >= 0.3 is 0 Å². The maximum atomic E-state index is 13.2. The second-order valence-corrected chi connectivity index (χ2v) is 4.31. The summed E-state index contributed by atoms with van der Waals surface area (Å²) in [5, 5.41) is 0. The summed E-state index contributed by atoms with van der Waals surface area (Å²) in [6.07, 6.45) is 3.65. The largest absolute Gasteiger partial charge is 0.324 e. The molecule has 0 bridgehead atoms. The third-order valence-corrected chi connectivity index (χ3v) is 2.76. The third-order valence-electron chi connectivity index (χ3n) is 2.32. The molecule has 0 amide bonds. The maximum absolute atomic E-state index is 13.2. The lowest BCUT2D eigenvalue weighted by molar-refractivity contribution is 0.524. The molecular weight excluding hydrogens is 235 g/mol. The summed E-state index contributed by atoms with van der Waals surface area (Å²) in [4.78, 5) is 3.62. The van der Waals surface area contributed by atoms with Gasteiger partial charge in [0.2, 0.25) is 5.95 Å². The summed E-state index contributed by atoms with van der Waals surface area (Å²) < 4.78 is 14.0. The molecule has 0 saturated heterocycles. The van der Waals surface area contributed by atoms with Crippen molar-refractivity contribution in [2.75, 3.05) is 0 Å². The van der Waals surface area contributed by atoms with Crippen LogP contribution in [0.1, 0.15) is 24.4 Å². The molecule has 1 atom stereocenters. The van der Waals surface area contributed by atoms with Crippen LogP contribution in [0.4, 0.5) is 4.39 Å². The van der Waals surface area contributed by atoms with Gasteiger partial charge in [-0.15, -0.1) is 0 Å². The van der Waals surface area contributed by atoms with Gasteiger partial charge in [0.05, 0.1) is 0 Å². The Labute approximate surface area is 84.5 Å². The van der Waals surface area contributed by atoms with Gasteiger partial charge in [-0.05, 0) is 40.8 Å². The first-order valence-electron chi connectivity index (χ1n) is 4.25. The van der Waals surface area contributed by atoms with Crippen LogP contribution in [-0.2, 0) is 0 Å². The van der Waals surface area contributed by atoms with Crippen LogP contribution in [-0.4, -0.2) is 4.98 Å². The summed E-state index contributed by atoms with van der Waals surface area (Å²) in [6, 6.07) is 1.52. The zero-order valence-electron chi connectivity index (χ0n) is 7.00. The Kier molecular flexibility index (Phi) is 2.34. The van der Waals surface area contributed by atoms with Crippen molar-refractivity contribution in [1.82, 2.24) is 4.98 Å². The van der Waals surface area contributed by atoms with E-state index in [1.807, 2.05) is 0 Å². The Balaban J connectivity index is 2.31. The topological polar surface area (TPSA) is 38.9 Å². The van der Waals surface area contributed by atoms with E-state index in [1.54, 1.807) is 6.07 Å². The lowest BCUT2D eigenvalue weighted by atomic mass is 10.1. The molecule has 2 rings (SSSR count). The molecule has 0 unspecified atom stereocenters. The minimum absolute atomic E-state index is 0.190. The molecule has 1 aliphatic rings. The van der Waals surface area contributed by atoms with Crippen molar-refractivity contribution < 1.29 is 4.39 Å². The Morgan fingerprint density at radius 1 is 1.62 bits per heavy atom. The van der Waals surface area contributed by atoms with Gasteiger partial charge < -0.3 is 5.73 Å². The highest BCUT2D eigenvalue weighted by Gasteiger charge is 2.31. The van der Waals surface area contributed by atoms with E-state index in [4.69, 9.17) is 5.73 Å². The molecule has 0 spiro atoms. The average molecular weight is 245 g/mol. The molecule has 2 nitrogen and oxygen atoms in total. The van der Waals surface area contributed by atoms with Crippen LogP contribution in [0.2, 0.25) is 0 Å². The number of pyridine rings is 1. The molecule has 70 valence electrons. The molecule has 1 saturated carbocycles. The molecule has 13 heavy (non-hydrogen) atoms. The molecule has 1 fully saturated rings. The van der Waals surface area contributed by atoms with Crippen molar-refractivity contribution in [1.29, 1.82) is 0 Å². The molecule has 0 aromatic carbocycles. The second kappa shape index (κ2) is 3.35. The van der Waals surface area contributed by atoms with E-state index < -0.39 is 5.95 Å². The quantitative estimate of drug-likeness (QED) is 0.812. The van der Waals surface area contributed by atoms with Crippen molar-refractivity contribution in [3.63, 3.8) is 0 Å². The van der Waals surface area contributed by atoms with Crippen LogP contribution in [0.5, 0.6) is 0 Å². The van der Waals surface area contributed by atoms with Crippen LogP contribution in [0.3, 0.4) is 0 Å². The van der Waals surface area contributed by atoms with Gasteiger partial charge in [0, 0.05) is 22.3 Å². The SMILES string of the molecule is N[C@@H](c1cc(Br)cnc1F)C1CC1. The first kappa shape index (κ1) is 9.09. The summed E-state index contributed by atoms with van der Waals surface area (Å²) in [5.41, 5.74) is 6.39. The fourth-order valence-corrected chi connectivity index (χ4v) is 1.73. The monoisotopic (exact) mass is 244 g/mol. The number of hydrogen-bond donors (Lipinski definition) is 1. The summed E-state index contributed by atoms with van der Waals surface area (Å²) in [7, 11) is 0. The predicted octanol–water partition coefficient (Wildman–Crippen LogP) is 2.39. The molecule has 4 heteroatoms. The van der Waals surface area contributed by atoms with Crippen molar-refractivity contribution in [2.45, 2.75) is 18.9 Å². The number of nitrogens with zero attached hydrogens (tertiary/aromatic N) is 1. The number of hydrogen-bond acceptors (Lipinski definition) is 2. The average Bonchev–Trinajstić information content (AvgIpc) is 2.91. The molecule has 1 aliphatic carbocycles. The van der Waals surface area contributed by atoms with E-state index in [-0.39, 0.29) is 6.04 Å². The highest BCUT2D eigenvalue weighted by Crippen LogP contribution is 2.40. The highest BCUT2D eigenvalue weighted by atomic mass is 79.9. The van der Waals surface area contributed by atoms with Gasteiger partial charge in [-0.1, -0.05) is 0 Å². The third kappa shape index (κ3) is 1.89. The number of aromatic nitrogens is 1. The Bertz CT molecular complexity index is 325. The van der Waals surface area contributed by atoms with E-state index in [2.05, 4.69) is 20.9 Å². The Morgan fingerprint density at radius 3 is 2.92 bits per heavy atom. The van der Waals surface area contributed by atoms with Crippen LogP contribution < -0.4 is 5.73 Å². The van der Waals surface area contributed by atoms with E-state index in [9.17, 15) is 4.39 Å². The molecule has 1 aromatic heterocycles. The Morgan fingerprint density at radius 2 is 2.31 bits per heavy atom. The van der Waals surface area contributed by atoms with E-state index in [1.165, 1.54) is 6.20 Å².